The SMILES string of the molecule is C=CCC(O)c1ccc(Cl)cc1OC. The zero-order chi connectivity index (χ0) is 10.6. The minimum atomic E-state index is -0.584. The molecule has 0 saturated heterocycles. The van der Waals surface area contributed by atoms with Crippen LogP contribution in [0.15, 0.2) is 30.9 Å². The minimum absolute atomic E-state index is 0.498. The molecule has 1 aromatic carbocycles. The summed E-state index contributed by atoms with van der Waals surface area (Å²) in [6.07, 6.45) is 1.58. The van der Waals surface area contributed by atoms with Crippen molar-refractivity contribution in [2.24, 2.45) is 0 Å². The number of hydrogen-bond donors (Lipinski definition) is 1. The van der Waals surface area contributed by atoms with E-state index in [2.05, 4.69) is 6.58 Å². The van der Waals surface area contributed by atoms with Crippen LogP contribution < -0.4 is 4.74 Å². The van der Waals surface area contributed by atoms with Gasteiger partial charge in [0.25, 0.3) is 0 Å². The Hall–Kier alpha value is -0.990. The van der Waals surface area contributed by atoms with Crippen LogP contribution in [0.4, 0.5) is 0 Å². The lowest BCUT2D eigenvalue weighted by molar-refractivity contribution is 0.177. The number of aliphatic hydroxyl groups excluding tert-OH is 1. The molecule has 0 aliphatic rings. The number of rotatable bonds is 4. The number of methoxy groups -OCH3 is 1. The van der Waals surface area contributed by atoms with Gasteiger partial charge in [-0.25, -0.2) is 0 Å². The van der Waals surface area contributed by atoms with E-state index in [1.54, 1.807) is 31.4 Å². The predicted molar refractivity (Wildman–Crippen MR) is 57.8 cm³/mol. The topological polar surface area (TPSA) is 29.5 Å². The summed E-state index contributed by atoms with van der Waals surface area (Å²) in [6.45, 7) is 3.57. The van der Waals surface area contributed by atoms with Crippen molar-refractivity contribution in [3.8, 4) is 5.75 Å². The van der Waals surface area contributed by atoms with Gasteiger partial charge < -0.3 is 9.84 Å². The molecule has 0 saturated carbocycles. The quantitative estimate of drug-likeness (QED) is 0.778. The van der Waals surface area contributed by atoms with Gasteiger partial charge in [0.2, 0.25) is 0 Å². The number of halogens is 1. The van der Waals surface area contributed by atoms with Crippen LogP contribution in [0.1, 0.15) is 18.1 Å². The minimum Gasteiger partial charge on any atom is -0.496 e. The van der Waals surface area contributed by atoms with Gasteiger partial charge in [-0.3, -0.25) is 0 Å². The van der Waals surface area contributed by atoms with Crippen molar-refractivity contribution in [1.29, 1.82) is 0 Å². The Morgan fingerprint density at radius 2 is 2.36 bits per heavy atom. The molecule has 0 fully saturated rings. The molecule has 1 N–H and O–H groups in total. The van der Waals surface area contributed by atoms with E-state index in [-0.39, 0.29) is 0 Å². The van der Waals surface area contributed by atoms with E-state index in [4.69, 9.17) is 16.3 Å². The van der Waals surface area contributed by atoms with Gasteiger partial charge in [-0.2, -0.15) is 0 Å². The summed E-state index contributed by atoms with van der Waals surface area (Å²) in [6, 6.07) is 5.17. The fourth-order valence-electron chi connectivity index (χ4n) is 1.25. The van der Waals surface area contributed by atoms with Gasteiger partial charge in [-0.1, -0.05) is 23.7 Å². The van der Waals surface area contributed by atoms with Gasteiger partial charge in [0.05, 0.1) is 13.2 Å². The standard InChI is InChI=1S/C11H13ClO2/c1-3-4-10(13)9-6-5-8(12)7-11(9)14-2/h3,5-7,10,13H,1,4H2,2H3. The summed E-state index contributed by atoms with van der Waals surface area (Å²) in [5.74, 6) is 0.604. The highest BCUT2D eigenvalue weighted by atomic mass is 35.5. The largest absolute Gasteiger partial charge is 0.496 e. The van der Waals surface area contributed by atoms with Crippen LogP contribution in [0.3, 0.4) is 0 Å². The molecule has 0 aliphatic carbocycles. The van der Waals surface area contributed by atoms with E-state index < -0.39 is 6.10 Å². The Morgan fingerprint density at radius 3 is 2.93 bits per heavy atom. The maximum atomic E-state index is 9.73. The number of hydrogen-bond acceptors (Lipinski definition) is 2. The molecule has 76 valence electrons. The second kappa shape index (κ2) is 5.03. The van der Waals surface area contributed by atoms with Gasteiger partial charge in [0, 0.05) is 10.6 Å². The lowest BCUT2D eigenvalue weighted by atomic mass is 10.1. The van der Waals surface area contributed by atoms with Crippen LogP contribution >= 0.6 is 11.6 Å². The third kappa shape index (κ3) is 2.50. The fraction of sp³-hybridized carbons (Fsp3) is 0.273. The summed E-state index contributed by atoms with van der Waals surface area (Å²) >= 11 is 5.80. The van der Waals surface area contributed by atoms with Gasteiger partial charge in [0.15, 0.2) is 0 Å². The molecule has 1 aromatic rings. The fourth-order valence-corrected chi connectivity index (χ4v) is 1.41. The van der Waals surface area contributed by atoms with Crippen LogP contribution in [0.25, 0.3) is 0 Å². The highest BCUT2D eigenvalue weighted by Crippen LogP contribution is 2.29. The predicted octanol–water partition coefficient (Wildman–Crippen LogP) is 2.96. The Bertz CT molecular complexity index is 323. The first-order chi connectivity index (χ1) is 6.69. The molecule has 14 heavy (non-hydrogen) atoms. The smallest absolute Gasteiger partial charge is 0.126 e. The number of aliphatic hydroxyl groups is 1. The highest BCUT2D eigenvalue weighted by Gasteiger charge is 2.11. The molecule has 0 heterocycles. The Morgan fingerprint density at radius 1 is 1.64 bits per heavy atom. The molecule has 1 atom stereocenters. The van der Waals surface area contributed by atoms with Crippen LogP contribution in [0, 0.1) is 0 Å². The van der Waals surface area contributed by atoms with E-state index in [0.717, 1.165) is 5.56 Å². The van der Waals surface area contributed by atoms with Gasteiger partial charge >= 0.3 is 0 Å². The average Bonchev–Trinajstić information content (AvgIpc) is 2.17. The molecule has 0 radical (unpaired) electrons. The van der Waals surface area contributed by atoms with E-state index in [9.17, 15) is 5.11 Å². The van der Waals surface area contributed by atoms with Crippen molar-refractivity contribution in [2.45, 2.75) is 12.5 Å². The summed E-state index contributed by atoms with van der Waals surface area (Å²) in [5, 5.41) is 10.3. The van der Waals surface area contributed by atoms with Crippen molar-refractivity contribution < 1.29 is 9.84 Å². The summed E-state index contributed by atoms with van der Waals surface area (Å²) in [5.41, 5.74) is 0.733. The molecule has 0 spiro atoms. The Labute approximate surface area is 88.8 Å². The highest BCUT2D eigenvalue weighted by molar-refractivity contribution is 6.30. The monoisotopic (exact) mass is 212 g/mol. The maximum absolute atomic E-state index is 9.73. The second-order valence-corrected chi connectivity index (χ2v) is 3.36. The Balaban J connectivity index is 3.00. The first kappa shape index (κ1) is 11.1. The molecule has 0 aromatic heterocycles. The van der Waals surface area contributed by atoms with Gasteiger partial charge in [0.1, 0.15) is 5.75 Å². The summed E-state index contributed by atoms with van der Waals surface area (Å²) in [7, 11) is 1.55. The van der Waals surface area contributed by atoms with E-state index in [1.807, 2.05) is 0 Å². The normalized spacial score (nSPS) is 12.2. The number of ether oxygens (including phenoxy) is 1. The molecule has 0 aliphatic heterocycles. The van der Waals surface area contributed by atoms with E-state index in [0.29, 0.717) is 17.2 Å². The third-order valence-electron chi connectivity index (χ3n) is 1.94. The molecular weight excluding hydrogens is 200 g/mol. The van der Waals surface area contributed by atoms with Crippen LogP contribution in [0.5, 0.6) is 5.75 Å². The molecule has 1 rings (SSSR count). The molecule has 1 unspecified atom stereocenters. The lowest BCUT2D eigenvalue weighted by Crippen LogP contribution is -1.99. The zero-order valence-corrected chi connectivity index (χ0v) is 8.79. The van der Waals surface area contributed by atoms with E-state index in [1.165, 1.54) is 0 Å². The van der Waals surface area contributed by atoms with Crippen LogP contribution in [-0.2, 0) is 0 Å². The van der Waals surface area contributed by atoms with Crippen LogP contribution in [-0.4, -0.2) is 12.2 Å². The maximum Gasteiger partial charge on any atom is 0.126 e. The summed E-state index contributed by atoms with van der Waals surface area (Å²) in [4.78, 5) is 0. The average molecular weight is 213 g/mol. The summed E-state index contributed by atoms with van der Waals surface area (Å²) < 4.78 is 5.11. The van der Waals surface area contributed by atoms with Gasteiger partial charge in [-0.15, -0.1) is 6.58 Å². The molecule has 0 amide bonds. The van der Waals surface area contributed by atoms with Crippen LogP contribution in [0.2, 0.25) is 5.02 Å². The molecule has 2 nitrogen and oxygen atoms in total. The van der Waals surface area contributed by atoms with Crippen molar-refractivity contribution in [1.82, 2.24) is 0 Å². The van der Waals surface area contributed by atoms with Crippen molar-refractivity contribution in [2.75, 3.05) is 7.11 Å². The second-order valence-electron chi connectivity index (χ2n) is 2.93. The third-order valence-corrected chi connectivity index (χ3v) is 2.18. The zero-order valence-electron chi connectivity index (χ0n) is 8.03. The van der Waals surface area contributed by atoms with Crippen molar-refractivity contribution in [3.05, 3.63) is 41.4 Å². The molecular formula is C11H13ClO2. The van der Waals surface area contributed by atoms with Crippen molar-refractivity contribution >= 4 is 11.6 Å². The first-order valence-electron chi connectivity index (χ1n) is 4.31. The van der Waals surface area contributed by atoms with Crippen molar-refractivity contribution in [3.63, 3.8) is 0 Å². The lowest BCUT2D eigenvalue weighted by Gasteiger charge is -2.13. The number of benzene rings is 1. The molecule has 3 heteroatoms. The van der Waals surface area contributed by atoms with E-state index >= 15 is 0 Å². The Kier molecular flexibility index (Phi) is 3.98. The first-order valence-corrected chi connectivity index (χ1v) is 4.69. The molecule has 0 bridgehead atoms. The van der Waals surface area contributed by atoms with Gasteiger partial charge in [-0.05, 0) is 18.6 Å².